The quantitative estimate of drug-likeness (QED) is 0.266. The fourth-order valence-corrected chi connectivity index (χ4v) is 2.81. The Morgan fingerprint density at radius 1 is 1.23 bits per heavy atom. The Hall–Kier alpha value is -3.71. The maximum Gasteiger partial charge on any atom is 0.339 e. The van der Waals surface area contributed by atoms with E-state index < -0.39 is 20.9 Å². The molecule has 10 heteroatoms. The number of non-ortho nitro benzene ring substituents is 1. The molecule has 2 rings (SSSR count). The highest BCUT2D eigenvalue weighted by molar-refractivity contribution is 7.87. The van der Waals surface area contributed by atoms with Crippen molar-refractivity contribution in [2.24, 2.45) is 5.73 Å². The number of nitro benzene ring substituents is 1. The molecule has 0 spiro atoms. The topological polar surface area (TPSA) is 153 Å². The first-order chi connectivity index (χ1) is 12.2. The van der Waals surface area contributed by atoms with Gasteiger partial charge in [0.05, 0.1) is 4.92 Å². The molecule has 9 nitrogen and oxygen atoms in total. The second-order valence-corrected chi connectivity index (χ2v) is 6.44. The van der Waals surface area contributed by atoms with Crippen molar-refractivity contribution in [1.82, 2.24) is 0 Å². The minimum atomic E-state index is -4.22. The molecule has 2 aromatic carbocycles. The molecule has 0 aliphatic heterocycles. The van der Waals surface area contributed by atoms with E-state index in [0.717, 1.165) is 24.3 Å². The van der Waals surface area contributed by atoms with Gasteiger partial charge in [0, 0.05) is 12.1 Å². The van der Waals surface area contributed by atoms with E-state index in [-0.39, 0.29) is 21.9 Å². The highest BCUT2D eigenvalue weighted by Gasteiger charge is 2.18. The number of nitrogens with two attached hydrogens (primary N) is 1. The van der Waals surface area contributed by atoms with E-state index >= 15 is 0 Å². The fourth-order valence-electron chi connectivity index (χ4n) is 1.89. The number of amides is 1. The Kier molecular flexibility index (Phi) is 5.34. The number of hydrogen-bond donors (Lipinski definition) is 1. The molecule has 0 unspecified atom stereocenters. The van der Waals surface area contributed by atoms with E-state index in [0.29, 0.717) is 5.56 Å². The van der Waals surface area contributed by atoms with Crippen LogP contribution in [-0.2, 0) is 14.9 Å². The molecule has 0 radical (unpaired) electrons. The number of benzene rings is 2. The molecule has 0 aliphatic rings. The van der Waals surface area contributed by atoms with Crippen LogP contribution in [0, 0.1) is 21.4 Å². The summed E-state index contributed by atoms with van der Waals surface area (Å²) in [4.78, 5) is 20.8. The number of primary amides is 1. The Labute approximate surface area is 148 Å². The van der Waals surface area contributed by atoms with E-state index in [1.807, 2.05) is 0 Å². The number of carbonyl (C=O) groups excluding carboxylic acids is 1. The Balaban J connectivity index is 2.30. The Morgan fingerprint density at radius 3 is 2.42 bits per heavy atom. The second-order valence-electron chi connectivity index (χ2n) is 4.90. The summed E-state index contributed by atoms with van der Waals surface area (Å²) < 4.78 is 29.5. The van der Waals surface area contributed by atoms with Crippen molar-refractivity contribution in [3.8, 4) is 11.8 Å². The number of nitrogens with zero attached hydrogens (tertiary/aromatic N) is 2. The van der Waals surface area contributed by atoms with Crippen molar-refractivity contribution in [2.45, 2.75) is 4.90 Å². The summed E-state index contributed by atoms with van der Waals surface area (Å²) in [6.45, 7) is 0. The largest absolute Gasteiger partial charge is 0.379 e. The molecule has 0 saturated heterocycles. The molecule has 1 amide bonds. The van der Waals surface area contributed by atoms with Crippen LogP contribution in [0.25, 0.3) is 6.08 Å². The van der Waals surface area contributed by atoms with Gasteiger partial charge in [-0.25, -0.2) is 0 Å². The second kappa shape index (κ2) is 7.45. The van der Waals surface area contributed by atoms with Crippen LogP contribution in [0.15, 0.2) is 59.0 Å². The van der Waals surface area contributed by atoms with Gasteiger partial charge in [0.1, 0.15) is 22.3 Å². The molecule has 0 heterocycles. The normalized spacial score (nSPS) is 11.4. The number of hydrogen-bond acceptors (Lipinski definition) is 7. The summed E-state index contributed by atoms with van der Waals surface area (Å²) in [6.07, 6.45) is 1.19. The molecule has 2 N–H and O–H groups in total. The van der Waals surface area contributed by atoms with E-state index in [9.17, 15) is 23.3 Å². The number of nitriles is 1. The maximum atomic E-state index is 12.2. The average Bonchev–Trinajstić information content (AvgIpc) is 2.59. The molecule has 0 aliphatic carbocycles. The highest BCUT2D eigenvalue weighted by Crippen LogP contribution is 2.22. The van der Waals surface area contributed by atoms with Crippen molar-refractivity contribution in [1.29, 1.82) is 5.26 Å². The van der Waals surface area contributed by atoms with Crippen LogP contribution in [0.4, 0.5) is 5.69 Å². The van der Waals surface area contributed by atoms with Gasteiger partial charge in [0.2, 0.25) is 0 Å². The lowest BCUT2D eigenvalue weighted by Gasteiger charge is -2.07. The Bertz CT molecular complexity index is 1040. The minimum Gasteiger partial charge on any atom is -0.379 e. The third kappa shape index (κ3) is 4.43. The van der Waals surface area contributed by atoms with Crippen LogP contribution in [0.5, 0.6) is 5.75 Å². The Morgan fingerprint density at radius 2 is 1.88 bits per heavy atom. The SMILES string of the molecule is N#C/C(=C\c1cccc(OS(=O)(=O)c2ccc([N+](=O)[O-])cc2)c1)C(N)=O. The zero-order valence-corrected chi connectivity index (χ0v) is 13.8. The van der Waals surface area contributed by atoms with Crippen LogP contribution < -0.4 is 9.92 Å². The van der Waals surface area contributed by atoms with E-state index in [1.54, 1.807) is 6.07 Å². The molecule has 132 valence electrons. The maximum absolute atomic E-state index is 12.2. The average molecular weight is 373 g/mol. The fraction of sp³-hybridized carbons (Fsp3) is 0. The van der Waals surface area contributed by atoms with Crippen molar-refractivity contribution in [3.63, 3.8) is 0 Å². The number of carbonyl (C=O) groups is 1. The van der Waals surface area contributed by atoms with Crippen LogP contribution >= 0.6 is 0 Å². The van der Waals surface area contributed by atoms with Crippen LogP contribution in [0.2, 0.25) is 0 Å². The zero-order chi connectivity index (χ0) is 19.3. The van der Waals surface area contributed by atoms with Gasteiger partial charge in [-0.3, -0.25) is 14.9 Å². The highest BCUT2D eigenvalue weighted by atomic mass is 32.2. The summed E-state index contributed by atoms with van der Waals surface area (Å²) in [5, 5.41) is 19.4. The third-order valence-corrected chi connectivity index (χ3v) is 4.36. The molecule has 26 heavy (non-hydrogen) atoms. The van der Waals surface area contributed by atoms with Gasteiger partial charge >= 0.3 is 10.1 Å². The first kappa shape index (κ1) is 18.6. The first-order valence-corrected chi connectivity index (χ1v) is 8.34. The molecule has 0 aromatic heterocycles. The summed E-state index contributed by atoms with van der Waals surface area (Å²) >= 11 is 0. The smallest absolute Gasteiger partial charge is 0.339 e. The molecule has 0 bridgehead atoms. The van der Waals surface area contributed by atoms with Crippen molar-refractivity contribution in [3.05, 3.63) is 69.8 Å². The molecule has 0 atom stereocenters. The van der Waals surface area contributed by atoms with E-state index in [1.165, 1.54) is 30.3 Å². The predicted molar refractivity (Wildman–Crippen MR) is 90.1 cm³/mol. The molecule has 2 aromatic rings. The lowest BCUT2D eigenvalue weighted by atomic mass is 10.1. The molecular formula is C16H11N3O6S. The molecule has 0 fully saturated rings. The summed E-state index contributed by atoms with van der Waals surface area (Å²) in [7, 11) is -4.22. The van der Waals surface area contributed by atoms with Gasteiger partial charge in [-0.2, -0.15) is 13.7 Å². The van der Waals surface area contributed by atoms with Crippen molar-refractivity contribution in [2.75, 3.05) is 0 Å². The molecular weight excluding hydrogens is 362 g/mol. The number of rotatable bonds is 6. The lowest BCUT2D eigenvalue weighted by molar-refractivity contribution is -0.384. The van der Waals surface area contributed by atoms with Crippen LogP contribution in [0.1, 0.15) is 5.56 Å². The van der Waals surface area contributed by atoms with Gasteiger partial charge in [-0.15, -0.1) is 0 Å². The van der Waals surface area contributed by atoms with Crippen LogP contribution in [0.3, 0.4) is 0 Å². The van der Waals surface area contributed by atoms with Gasteiger partial charge in [-0.1, -0.05) is 12.1 Å². The van der Waals surface area contributed by atoms with Gasteiger partial charge < -0.3 is 9.92 Å². The third-order valence-electron chi connectivity index (χ3n) is 3.10. The zero-order valence-electron chi connectivity index (χ0n) is 13.0. The summed E-state index contributed by atoms with van der Waals surface area (Å²) in [5.41, 5.74) is 4.81. The van der Waals surface area contributed by atoms with E-state index in [4.69, 9.17) is 15.2 Å². The summed E-state index contributed by atoms with van der Waals surface area (Å²) in [5.74, 6) is -0.990. The summed E-state index contributed by atoms with van der Waals surface area (Å²) in [6, 6.07) is 11.5. The minimum absolute atomic E-state index is 0.0705. The monoisotopic (exact) mass is 373 g/mol. The van der Waals surface area contributed by atoms with Gasteiger partial charge in [0.15, 0.2) is 0 Å². The first-order valence-electron chi connectivity index (χ1n) is 6.93. The van der Waals surface area contributed by atoms with Crippen molar-refractivity contribution < 1.29 is 22.3 Å². The lowest BCUT2D eigenvalue weighted by Crippen LogP contribution is -2.12. The number of nitro groups is 1. The van der Waals surface area contributed by atoms with Gasteiger partial charge in [0.25, 0.3) is 11.6 Å². The molecule has 0 saturated carbocycles. The predicted octanol–water partition coefficient (Wildman–Crippen LogP) is 1.75. The van der Waals surface area contributed by atoms with Gasteiger partial charge in [-0.05, 0) is 35.9 Å². The van der Waals surface area contributed by atoms with E-state index in [2.05, 4.69) is 0 Å². The van der Waals surface area contributed by atoms with Crippen molar-refractivity contribution >= 4 is 27.8 Å². The van der Waals surface area contributed by atoms with Crippen LogP contribution in [-0.4, -0.2) is 19.2 Å². The standard InChI is InChI=1S/C16H11N3O6S/c17-10-12(16(18)20)8-11-2-1-3-14(9-11)25-26(23,24)15-6-4-13(5-7-15)19(21)22/h1-9H,(H2,18,20)/b12-8+.